The van der Waals surface area contributed by atoms with Crippen molar-refractivity contribution in [2.75, 3.05) is 32.4 Å². The molecule has 2 bridgehead atoms. The van der Waals surface area contributed by atoms with Crippen molar-refractivity contribution in [3.05, 3.63) is 99.0 Å². The maximum absolute atomic E-state index is 14.1. The third-order valence-corrected chi connectivity index (χ3v) is 8.20. The number of sulfonamides is 1. The molecule has 5 rings (SSSR count). The fourth-order valence-corrected chi connectivity index (χ4v) is 5.70. The van der Waals surface area contributed by atoms with Crippen LogP contribution in [0.15, 0.2) is 59.5 Å². The molecule has 3 aromatic rings. The van der Waals surface area contributed by atoms with E-state index in [9.17, 15) is 31.6 Å². The van der Waals surface area contributed by atoms with Crippen LogP contribution in [0, 0.1) is 11.6 Å². The molecule has 13 heteroatoms. The fourth-order valence-electron chi connectivity index (χ4n) is 4.84. The number of carbonyl (C=O) groups excluding carboxylic acids is 2. The van der Waals surface area contributed by atoms with E-state index in [0.29, 0.717) is 11.6 Å². The molecule has 1 unspecified atom stereocenters. The molecule has 2 aliphatic heterocycles. The smallest absolute Gasteiger partial charge is 0.274 e. The minimum absolute atomic E-state index is 0.00625. The van der Waals surface area contributed by atoms with Gasteiger partial charge in [-0.05, 0) is 11.6 Å². The number of nitrogens with one attached hydrogen (secondary N) is 1. The van der Waals surface area contributed by atoms with E-state index >= 15 is 0 Å². The lowest BCUT2D eigenvalue weighted by Gasteiger charge is -2.35. The van der Waals surface area contributed by atoms with Crippen LogP contribution in [0.25, 0.3) is 0 Å². The van der Waals surface area contributed by atoms with Crippen LogP contribution in [0.5, 0.6) is 5.75 Å². The van der Waals surface area contributed by atoms with E-state index in [1.54, 1.807) is 24.3 Å². The Morgan fingerprint density at radius 1 is 1.07 bits per heavy atom. The van der Waals surface area contributed by atoms with Crippen molar-refractivity contribution in [1.82, 2.24) is 19.1 Å². The van der Waals surface area contributed by atoms with E-state index in [4.69, 9.17) is 4.74 Å². The lowest BCUT2D eigenvalue weighted by molar-refractivity contribution is 0.0682. The molecular weight excluding hydrogens is 546 g/mol. The van der Waals surface area contributed by atoms with Gasteiger partial charge in [0.2, 0.25) is 15.5 Å². The van der Waals surface area contributed by atoms with Crippen molar-refractivity contribution in [2.24, 2.45) is 0 Å². The summed E-state index contributed by atoms with van der Waals surface area (Å²) >= 11 is 0. The molecule has 1 aromatic heterocycles. The number of benzene rings is 2. The number of hydrogen-bond donors (Lipinski definition) is 1. The predicted octanol–water partition coefficient (Wildman–Crippen LogP) is 1.91. The van der Waals surface area contributed by atoms with Crippen molar-refractivity contribution in [3.63, 3.8) is 0 Å². The maximum Gasteiger partial charge on any atom is 0.274 e. The van der Waals surface area contributed by atoms with Crippen LogP contribution in [-0.4, -0.2) is 66.4 Å². The zero-order valence-corrected chi connectivity index (χ0v) is 22.3. The topological polar surface area (TPSA) is 118 Å². The van der Waals surface area contributed by atoms with Crippen LogP contribution in [0.3, 0.4) is 0 Å². The molecule has 1 atom stereocenters. The number of amides is 2. The van der Waals surface area contributed by atoms with E-state index in [-0.39, 0.29) is 61.9 Å². The Hall–Kier alpha value is -4.10. The highest BCUT2D eigenvalue weighted by Crippen LogP contribution is 2.30. The van der Waals surface area contributed by atoms with Gasteiger partial charge < -0.3 is 19.5 Å². The zero-order valence-electron chi connectivity index (χ0n) is 21.5. The first-order valence-electron chi connectivity index (χ1n) is 12.5. The summed E-state index contributed by atoms with van der Waals surface area (Å²) in [6.07, 6.45) is 2.29. The van der Waals surface area contributed by atoms with Crippen LogP contribution < -0.4 is 15.5 Å². The van der Waals surface area contributed by atoms with Gasteiger partial charge in [-0.1, -0.05) is 36.4 Å². The minimum Gasteiger partial charge on any atom is -0.483 e. The van der Waals surface area contributed by atoms with Crippen LogP contribution in [0.1, 0.15) is 38.0 Å². The summed E-state index contributed by atoms with van der Waals surface area (Å²) < 4.78 is 60.7. The summed E-state index contributed by atoms with van der Waals surface area (Å²) in [5, 5.41) is 2.46. The second-order valence-corrected chi connectivity index (χ2v) is 11.7. The van der Waals surface area contributed by atoms with E-state index < -0.39 is 44.9 Å². The van der Waals surface area contributed by atoms with Gasteiger partial charge in [-0.15, -0.1) is 0 Å². The van der Waals surface area contributed by atoms with Gasteiger partial charge in [-0.25, -0.2) is 17.2 Å². The van der Waals surface area contributed by atoms with Gasteiger partial charge in [0, 0.05) is 50.6 Å². The van der Waals surface area contributed by atoms with Gasteiger partial charge in [-0.3, -0.25) is 14.4 Å². The number of nitrogens with zero attached hydrogens (tertiary/aromatic N) is 3. The SMILES string of the molecule is CS(=O)(=O)N1CCN2CC(C1)n1cc(C(=O)NCc3ccc(F)cc3F)c(=O)c(OCc3ccccc3)c1C2=O. The van der Waals surface area contributed by atoms with Gasteiger partial charge in [0.25, 0.3) is 11.8 Å². The molecule has 2 amide bonds. The van der Waals surface area contributed by atoms with Gasteiger partial charge in [0.15, 0.2) is 11.4 Å². The summed E-state index contributed by atoms with van der Waals surface area (Å²) in [6, 6.07) is 11.2. The van der Waals surface area contributed by atoms with Crippen molar-refractivity contribution in [1.29, 1.82) is 0 Å². The normalized spacial score (nSPS) is 17.2. The lowest BCUT2D eigenvalue weighted by Crippen LogP contribution is -2.45. The van der Waals surface area contributed by atoms with Crippen LogP contribution in [-0.2, 0) is 23.2 Å². The second-order valence-electron chi connectivity index (χ2n) is 9.68. The number of halogens is 2. The molecule has 2 aliphatic rings. The average Bonchev–Trinajstić information content (AvgIpc) is 3.12. The van der Waals surface area contributed by atoms with Crippen LogP contribution in [0.2, 0.25) is 0 Å². The van der Waals surface area contributed by atoms with Gasteiger partial charge >= 0.3 is 0 Å². The van der Waals surface area contributed by atoms with Gasteiger partial charge in [-0.2, -0.15) is 4.31 Å². The van der Waals surface area contributed by atoms with E-state index in [1.165, 1.54) is 26.0 Å². The third kappa shape index (κ3) is 5.47. The molecule has 10 nitrogen and oxygen atoms in total. The predicted molar refractivity (Wildman–Crippen MR) is 140 cm³/mol. The highest BCUT2D eigenvalue weighted by molar-refractivity contribution is 7.88. The highest BCUT2D eigenvalue weighted by Gasteiger charge is 2.40. The standard InChI is InChI=1S/C27H26F2N4O6S/c1-40(37,38)32-10-9-31-13-20(14-32)33-15-21(26(35)30-12-18-7-8-19(28)11-22(18)29)24(34)25(23(33)27(31)36)39-16-17-5-3-2-4-6-17/h2-8,11,15,20H,9-10,12-14,16H2,1H3,(H,30,35). The minimum atomic E-state index is -3.60. The van der Waals surface area contributed by atoms with Crippen molar-refractivity contribution in [2.45, 2.75) is 19.2 Å². The summed E-state index contributed by atoms with van der Waals surface area (Å²) in [5.41, 5.74) is -0.565. The van der Waals surface area contributed by atoms with Crippen LogP contribution in [0.4, 0.5) is 8.78 Å². The molecule has 210 valence electrons. The Bertz CT molecular complexity index is 1640. The number of fused-ring (bicyclic) bond motifs is 4. The lowest BCUT2D eigenvalue weighted by atomic mass is 10.1. The Labute approximate surface area is 228 Å². The molecule has 1 N–H and O–H groups in total. The molecule has 0 saturated carbocycles. The highest BCUT2D eigenvalue weighted by atomic mass is 32.2. The average molecular weight is 573 g/mol. The molecule has 1 fully saturated rings. The second kappa shape index (κ2) is 10.8. The van der Waals surface area contributed by atoms with Crippen molar-refractivity contribution >= 4 is 21.8 Å². The number of hydrogen-bond acceptors (Lipinski definition) is 6. The fraction of sp³-hybridized carbons (Fsp3) is 0.296. The van der Waals surface area contributed by atoms with Crippen LogP contribution >= 0.6 is 0 Å². The molecule has 0 aliphatic carbocycles. The molecule has 0 radical (unpaired) electrons. The molecule has 3 heterocycles. The summed E-state index contributed by atoms with van der Waals surface area (Å²) in [6.45, 7) is -0.0112. The Kier molecular flexibility index (Phi) is 7.43. The first kappa shape index (κ1) is 27.5. The Morgan fingerprint density at radius 2 is 1.82 bits per heavy atom. The molecule has 40 heavy (non-hydrogen) atoms. The van der Waals surface area contributed by atoms with Crippen molar-refractivity contribution in [3.8, 4) is 5.75 Å². The van der Waals surface area contributed by atoms with E-state index in [1.807, 2.05) is 6.07 Å². The summed E-state index contributed by atoms with van der Waals surface area (Å²) in [5.74, 6) is -3.36. The Morgan fingerprint density at radius 3 is 2.52 bits per heavy atom. The zero-order chi connectivity index (χ0) is 28.6. The number of ether oxygens (including phenoxy) is 1. The summed E-state index contributed by atoms with van der Waals surface area (Å²) in [7, 11) is -3.60. The molecule has 0 spiro atoms. The largest absolute Gasteiger partial charge is 0.483 e. The van der Waals surface area contributed by atoms with Crippen molar-refractivity contribution < 1.29 is 31.5 Å². The summed E-state index contributed by atoms with van der Waals surface area (Å²) in [4.78, 5) is 41.8. The maximum atomic E-state index is 14.1. The van der Waals surface area contributed by atoms with Gasteiger partial charge in [0.1, 0.15) is 23.8 Å². The first-order valence-corrected chi connectivity index (χ1v) is 14.3. The molecule has 2 aromatic carbocycles. The number of carbonyl (C=O) groups is 2. The Balaban J connectivity index is 1.56. The number of aromatic nitrogens is 1. The van der Waals surface area contributed by atoms with E-state index in [0.717, 1.165) is 12.3 Å². The third-order valence-electron chi connectivity index (χ3n) is 6.93. The number of rotatable bonds is 7. The first-order chi connectivity index (χ1) is 19.0. The monoisotopic (exact) mass is 572 g/mol. The number of pyridine rings is 1. The van der Waals surface area contributed by atoms with E-state index in [2.05, 4.69) is 5.32 Å². The molecule has 1 saturated heterocycles. The van der Waals surface area contributed by atoms with Gasteiger partial charge in [0.05, 0.1) is 12.3 Å². The molecular formula is C27H26F2N4O6S. The quantitative estimate of drug-likeness (QED) is 0.462.